The fourth-order valence-electron chi connectivity index (χ4n) is 2.65. The van der Waals surface area contributed by atoms with Crippen molar-refractivity contribution in [2.24, 2.45) is 0 Å². The molecule has 1 fully saturated rings. The lowest BCUT2D eigenvalue weighted by Crippen LogP contribution is -2.58. The SMILES string of the molecule is CC1CNC(CN(C)C)CN1c1ccccc1C#N. The molecule has 2 rings (SSSR count). The Kier molecular flexibility index (Phi) is 4.41. The van der Waals surface area contributed by atoms with Gasteiger partial charge >= 0.3 is 0 Å². The Bertz CT molecular complexity index is 463. The summed E-state index contributed by atoms with van der Waals surface area (Å²) in [4.78, 5) is 4.55. The first-order chi connectivity index (χ1) is 9.11. The second-order valence-corrected chi connectivity index (χ2v) is 5.50. The summed E-state index contributed by atoms with van der Waals surface area (Å²) in [6.45, 7) is 5.11. The Morgan fingerprint density at radius 3 is 2.84 bits per heavy atom. The summed E-state index contributed by atoms with van der Waals surface area (Å²) in [5.74, 6) is 0. The van der Waals surface area contributed by atoms with Crippen LogP contribution >= 0.6 is 0 Å². The molecule has 19 heavy (non-hydrogen) atoms. The third-order valence-electron chi connectivity index (χ3n) is 3.57. The van der Waals surface area contributed by atoms with Gasteiger partial charge in [-0.1, -0.05) is 12.1 Å². The Morgan fingerprint density at radius 1 is 1.42 bits per heavy atom. The highest BCUT2D eigenvalue weighted by Crippen LogP contribution is 2.23. The number of hydrogen-bond acceptors (Lipinski definition) is 4. The maximum absolute atomic E-state index is 9.25. The van der Waals surface area contributed by atoms with E-state index in [-0.39, 0.29) is 0 Å². The van der Waals surface area contributed by atoms with Crippen LogP contribution in [0, 0.1) is 11.3 Å². The van der Waals surface area contributed by atoms with Gasteiger partial charge in [0.15, 0.2) is 0 Å². The molecule has 0 radical (unpaired) electrons. The Labute approximate surface area is 115 Å². The normalized spacial score (nSPS) is 23.4. The van der Waals surface area contributed by atoms with E-state index >= 15 is 0 Å². The molecule has 4 nitrogen and oxygen atoms in total. The third-order valence-corrected chi connectivity index (χ3v) is 3.57. The number of anilines is 1. The smallest absolute Gasteiger partial charge is 0.101 e. The molecule has 102 valence electrons. The van der Waals surface area contributed by atoms with Crippen LogP contribution in [0.2, 0.25) is 0 Å². The zero-order valence-electron chi connectivity index (χ0n) is 11.9. The van der Waals surface area contributed by atoms with Crippen LogP contribution in [0.25, 0.3) is 0 Å². The topological polar surface area (TPSA) is 42.3 Å². The molecular weight excluding hydrogens is 236 g/mol. The summed E-state index contributed by atoms with van der Waals surface area (Å²) in [7, 11) is 4.18. The van der Waals surface area contributed by atoms with Gasteiger partial charge in [-0.15, -0.1) is 0 Å². The van der Waals surface area contributed by atoms with Crippen LogP contribution in [0.15, 0.2) is 24.3 Å². The van der Waals surface area contributed by atoms with E-state index in [0.29, 0.717) is 12.1 Å². The van der Waals surface area contributed by atoms with Gasteiger partial charge in [0.25, 0.3) is 0 Å². The van der Waals surface area contributed by atoms with Crippen molar-refractivity contribution in [3.8, 4) is 6.07 Å². The molecule has 1 aliphatic heterocycles. The molecule has 0 aliphatic carbocycles. The van der Waals surface area contributed by atoms with E-state index in [4.69, 9.17) is 0 Å². The number of nitrogens with one attached hydrogen (secondary N) is 1. The van der Waals surface area contributed by atoms with Gasteiger partial charge < -0.3 is 15.1 Å². The summed E-state index contributed by atoms with van der Waals surface area (Å²) >= 11 is 0. The zero-order valence-corrected chi connectivity index (χ0v) is 11.9. The lowest BCUT2D eigenvalue weighted by Gasteiger charge is -2.41. The Balaban J connectivity index is 2.19. The second-order valence-electron chi connectivity index (χ2n) is 5.50. The molecule has 0 spiro atoms. The molecule has 4 heteroatoms. The predicted octanol–water partition coefficient (Wildman–Crippen LogP) is 1.29. The summed E-state index contributed by atoms with van der Waals surface area (Å²) in [6, 6.07) is 11.0. The molecule has 0 aromatic heterocycles. The van der Waals surface area contributed by atoms with Crippen LogP contribution in [0.5, 0.6) is 0 Å². The number of rotatable bonds is 3. The standard InChI is InChI=1S/C15H22N4/c1-12-9-17-14(10-18(2)3)11-19(12)15-7-5-4-6-13(15)8-16/h4-7,12,14,17H,9-11H2,1-3H3. The summed E-state index contributed by atoms with van der Waals surface area (Å²) in [6.07, 6.45) is 0. The third kappa shape index (κ3) is 3.25. The van der Waals surface area contributed by atoms with Gasteiger partial charge in [0.05, 0.1) is 11.3 Å². The number of nitriles is 1. The van der Waals surface area contributed by atoms with E-state index in [1.54, 1.807) is 0 Å². The molecule has 1 aliphatic rings. The number of likely N-dealkylation sites (N-methyl/N-ethyl adjacent to an activating group) is 1. The molecule has 0 bridgehead atoms. The van der Waals surface area contributed by atoms with Crippen LogP contribution in [0.4, 0.5) is 5.69 Å². The van der Waals surface area contributed by atoms with Crippen molar-refractivity contribution in [2.75, 3.05) is 38.6 Å². The van der Waals surface area contributed by atoms with E-state index in [1.165, 1.54) is 0 Å². The molecule has 0 amide bonds. The minimum absolute atomic E-state index is 0.410. The van der Waals surface area contributed by atoms with Gasteiger partial charge in [-0.05, 0) is 33.2 Å². The van der Waals surface area contributed by atoms with Gasteiger partial charge in [-0.3, -0.25) is 0 Å². The molecule has 1 aromatic carbocycles. The van der Waals surface area contributed by atoms with E-state index in [1.807, 2.05) is 24.3 Å². The lowest BCUT2D eigenvalue weighted by molar-refractivity contribution is 0.307. The quantitative estimate of drug-likeness (QED) is 0.887. The molecule has 2 unspecified atom stereocenters. The highest BCUT2D eigenvalue weighted by atomic mass is 15.3. The van der Waals surface area contributed by atoms with Crippen LogP contribution in [-0.4, -0.2) is 50.7 Å². The highest BCUT2D eigenvalue weighted by Gasteiger charge is 2.26. The van der Waals surface area contributed by atoms with Crippen LogP contribution < -0.4 is 10.2 Å². The van der Waals surface area contributed by atoms with Crippen molar-refractivity contribution in [3.63, 3.8) is 0 Å². The first-order valence-corrected chi connectivity index (χ1v) is 6.75. The van der Waals surface area contributed by atoms with Crippen molar-refractivity contribution >= 4 is 5.69 Å². The summed E-state index contributed by atoms with van der Waals surface area (Å²) in [5, 5.41) is 12.8. The monoisotopic (exact) mass is 258 g/mol. The number of benzene rings is 1. The second kappa shape index (κ2) is 6.05. The van der Waals surface area contributed by atoms with Crippen molar-refractivity contribution in [1.82, 2.24) is 10.2 Å². The molecule has 1 heterocycles. The number of nitrogens with zero attached hydrogens (tertiary/aromatic N) is 3. The van der Waals surface area contributed by atoms with Crippen LogP contribution in [-0.2, 0) is 0 Å². The molecule has 1 aromatic rings. The molecule has 2 atom stereocenters. The molecule has 1 N–H and O–H groups in total. The highest BCUT2D eigenvalue weighted by molar-refractivity contribution is 5.60. The number of para-hydroxylation sites is 1. The first kappa shape index (κ1) is 13.9. The van der Waals surface area contributed by atoms with Gasteiger partial charge in [0.1, 0.15) is 6.07 Å². The Morgan fingerprint density at radius 2 is 2.16 bits per heavy atom. The predicted molar refractivity (Wildman–Crippen MR) is 78.3 cm³/mol. The summed E-state index contributed by atoms with van der Waals surface area (Å²) < 4.78 is 0. The molecular formula is C15H22N4. The van der Waals surface area contributed by atoms with Gasteiger partial charge in [0.2, 0.25) is 0 Å². The van der Waals surface area contributed by atoms with Crippen LogP contribution in [0.1, 0.15) is 12.5 Å². The van der Waals surface area contributed by atoms with Gasteiger partial charge in [0, 0.05) is 31.7 Å². The fourth-order valence-corrected chi connectivity index (χ4v) is 2.65. The number of hydrogen-bond donors (Lipinski definition) is 1. The zero-order chi connectivity index (χ0) is 13.8. The van der Waals surface area contributed by atoms with Gasteiger partial charge in [-0.2, -0.15) is 5.26 Å². The maximum atomic E-state index is 9.25. The average molecular weight is 258 g/mol. The largest absolute Gasteiger partial charge is 0.365 e. The van der Waals surface area contributed by atoms with E-state index in [0.717, 1.165) is 30.9 Å². The maximum Gasteiger partial charge on any atom is 0.101 e. The van der Waals surface area contributed by atoms with Crippen molar-refractivity contribution in [3.05, 3.63) is 29.8 Å². The van der Waals surface area contributed by atoms with E-state index < -0.39 is 0 Å². The van der Waals surface area contributed by atoms with E-state index in [2.05, 4.69) is 42.2 Å². The lowest BCUT2D eigenvalue weighted by atomic mass is 10.1. The molecule has 0 saturated carbocycles. The minimum atomic E-state index is 0.410. The Hall–Kier alpha value is -1.57. The van der Waals surface area contributed by atoms with Gasteiger partial charge in [-0.25, -0.2) is 0 Å². The summed E-state index contributed by atoms with van der Waals surface area (Å²) in [5.41, 5.74) is 1.82. The molecule has 1 saturated heterocycles. The van der Waals surface area contributed by atoms with E-state index in [9.17, 15) is 5.26 Å². The first-order valence-electron chi connectivity index (χ1n) is 6.75. The van der Waals surface area contributed by atoms with Crippen molar-refractivity contribution in [1.29, 1.82) is 5.26 Å². The van der Waals surface area contributed by atoms with Crippen molar-refractivity contribution in [2.45, 2.75) is 19.0 Å². The minimum Gasteiger partial charge on any atom is -0.365 e. The fraction of sp³-hybridized carbons (Fsp3) is 0.533. The van der Waals surface area contributed by atoms with Crippen LogP contribution in [0.3, 0.4) is 0 Å². The number of piperazine rings is 1. The van der Waals surface area contributed by atoms with Crippen molar-refractivity contribution < 1.29 is 0 Å². The average Bonchev–Trinajstić information content (AvgIpc) is 2.40.